The van der Waals surface area contributed by atoms with E-state index in [1.54, 1.807) is 20.8 Å². The van der Waals surface area contributed by atoms with Crippen LogP contribution in [0.1, 0.15) is 81.5 Å². The standard InChI is InChI=1S/C18H13F3N4OS.C16H18F3N3O3.C11H10F3N3O.C7H3F3N2O.C5H5FN2.ClH/c19-9-5-12-15(22-8-9)25(16(26)18(12,20)21)11-6-10(7-11)23-17-24-13-3-1-2-4-14(13)27-17;1-15(2,3)25-14(24)21-9-5-10(6-9)22-12-11(4-8(17)7-20-12)16(18,19)13(22)23;12-5-1-8-9(16-4-5)17(7-2-6(15)3-7)10(18)11(8,13)14;8-3-1-4-5(11-2-3)12-6(13)7(4,9)10;6-4-1-2-5(7)8-3-4;/h1-5,8,10-11H,6-7H2,(H,23,24);4,7,9-10H,5-6H2,1-3H3,(H,21,24);1,4,6-7H,2-3,15H2;1-2H,(H,11,12,13);1-3H,(H2,7,8);1H. The molecular formula is C57H50ClF13N14O6S. The van der Waals surface area contributed by atoms with E-state index in [0.29, 0.717) is 68.6 Å². The van der Waals surface area contributed by atoms with Gasteiger partial charge in [0, 0.05) is 36.3 Å². The van der Waals surface area contributed by atoms with Gasteiger partial charge in [0.05, 0.1) is 63.5 Å². The Labute approximate surface area is 521 Å². The van der Waals surface area contributed by atoms with Crippen molar-refractivity contribution in [1.82, 2.24) is 35.2 Å². The molecule has 0 atom stereocenters. The van der Waals surface area contributed by atoms with Crippen LogP contribution < -0.4 is 42.1 Å². The number of amides is 5. The number of alkyl halides is 8. The summed E-state index contributed by atoms with van der Waals surface area (Å²) >= 11 is 1.52. The summed E-state index contributed by atoms with van der Waals surface area (Å²) in [6.45, 7) is 5.18. The van der Waals surface area contributed by atoms with Crippen molar-refractivity contribution in [2.75, 3.05) is 31.1 Å². The summed E-state index contributed by atoms with van der Waals surface area (Å²) in [4.78, 5) is 83.5. The Hall–Kier alpha value is -9.05. The Balaban J connectivity index is 0.000000142. The molecule has 3 fully saturated rings. The van der Waals surface area contributed by atoms with Gasteiger partial charge in [-0.3, -0.25) is 33.9 Å². The number of benzene rings is 1. The Morgan fingerprint density at radius 2 is 1.01 bits per heavy atom. The highest BCUT2D eigenvalue weighted by molar-refractivity contribution is 7.22. The van der Waals surface area contributed by atoms with Crippen LogP contribution in [-0.4, -0.2) is 101 Å². The van der Waals surface area contributed by atoms with E-state index < -0.39 is 117 Å². The number of para-hydroxylation sites is 1. The number of nitrogens with one attached hydrogen (secondary N) is 3. The number of anilines is 6. The number of rotatable bonds is 6. The third-order valence-corrected chi connectivity index (χ3v) is 15.9. The van der Waals surface area contributed by atoms with Crippen molar-refractivity contribution in [3.8, 4) is 0 Å². The molecule has 1 aromatic carbocycles. The maximum atomic E-state index is 14.2. The van der Waals surface area contributed by atoms with Crippen molar-refractivity contribution < 1.29 is 85.8 Å². The topological polar surface area (TPSA) is 270 Å². The summed E-state index contributed by atoms with van der Waals surface area (Å²) in [5.74, 6) is -24.9. The highest BCUT2D eigenvalue weighted by atomic mass is 35.5. The van der Waals surface area contributed by atoms with Crippen LogP contribution in [0.2, 0.25) is 0 Å². The largest absolute Gasteiger partial charge is 0.444 e. The molecule has 0 radical (unpaired) electrons. The molecule has 10 heterocycles. The summed E-state index contributed by atoms with van der Waals surface area (Å²) in [7, 11) is 0. The molecule has 0 bridgehead atoms. The number of halogens is 14. The van der Waals surface area contributed by atoms with Crippen LogP contribution in [0.5, 0.6) is 0 Å². The minimum Gasteiger partial charge on any atom is -0.444 e. The number of nitrogens with two attached hydrogens (primary N) is 2. The molecule has 20 nitrogen and oxygen atoms in total. The van der Waals surface area contributed by atoms with Gasteiger partial charge in [-0.15, -0.1) is 12.4 Å². The van der Waals surface area contributed by atoms with Crippen LogP contribution in [0.3, 0.4) is 0 Å². The van der Waals surface area contributed by atoms with Crippen LogP contribution in [-0.2, 0) is 47.6 Å². The smallest absolute Gasteiger partial charge is 0.407 e. The number of alkyl carbamates (subject to hydrolysis) is 1. The highest BCUT2D eigenvalue weighted by Crippen LogP contribution is 2.50. The average molecular weight is 1340 g/mol. The number of ether oxygens (including phenoxy) is 1. The Bertz CT molecular complexity index is 3950. The van der Waals surface area contributed by atoms with E-state index in [9.17, 15) is 81.0 Å². The van der Waals surface area contributed by atoms with E-state index in [0.717, 1.165) is 61.0 Å². The second-order valence-corrected chi connectivity index (χ2v) is 23.6. The number of nitrogen functional groups attached to an aromatic ring is 1. The van der Waals surface area contributed by atoms with Gasteiger partial charge < -0.3 is 32.2 Å². The van der Waals surface area contributed by atoms with E-state index in [4.69, 9.17) is 16.2 Å². The second kappa shape index (κ2) is 25.2. The van der Waals surface area contributed by atoms with Crippen molar-refractivity contribution >= 4 is 97.9 Å². The molecule has 3 aliphatic carbocycles. The number of hydrogen-bond acceptors (Lipinski definition) is 16. The number of hydrogen-bond donors (Lipinski definition) is 5. The van der Waals surface area contributed by atoms with Crippen LogP contribution in [0, 0.1) is 29.1 Å². The summed E-state index contributed by atoms with van der Waals surface area (Å²) in [5.41, 5.74) is 8.24. The lowest BCUT2D eigenvalue weighted by Gasteiger charge is -2.41. The minimum absolute atomic E-state index is 0. The first-order chi connectivity index (χ1) is 42.6. The molecular weight excluding hydrogens is 1290 g/mol. The third kappa shape index (κ3) is 13.3. The van der Waals surface area contributed by atoms with Crippen molar-refractivity contribution in [2.45, 2.75) is 125 Å². The molecule has 0 saturated heterocycles. The Morgan fingerprint density at radius 3 is 1.43 bits per heavy atom. The van der Waals surface area contributed by atoms with Crippen LogP contribution >= 0.6 is 23.7 Å². The van der Waals surface area contributed by atoms with Gasteiger partial charge in [0.15, 0.2) is 5.13 Å². The molecule has 3 saturated carbocycles. The summed E-state index contributed by atoms with van der Waals surface area (Å²) in [6, 6.07) is 11.4. The number of nitrogens with zero attached hydrogens (tertiary/aromatic N) is 9. The summed E-state index contributed by atoms with van der Waals surface area (Å²) in [6.07, 6.45) is 6.22. The molecule has 7 aromatic rings. The lowest BCUT2D eigenvalue weighted by molar-refractivity contribution is -0.142. The fourth-order valence-corrected chi connectivity index (χ4v) is 11.3. The highest BCUT2D eigenvalue weighted by Gasteiger charge is 2.60. The lowest BCUT2D eigenvalue weighted by Crippen LogP contribution is -2.56. The molecule has 4 aliphatic heterocycles. The fourth-order valence-electron chi connectivity index (χ4n) is 10.4. The average Bonchev–Trinajstić information content (AvgIpc) is 1.60. The lowest BCUT2D eigenvalue weighted by atomic mass is 9.85. The number of carbonyl (C=O) groups is 5. The zero-order valence-corrected chi connectivity index (χ0v) is 49.4. The molecule has 5 amide bonds. The van der Waals surface area contributed by atoms with Gasteiger partial charge >= 0.3 is 53.4 Å². The maximum absolute atomic E-state index is 14.2. The molecule has 7 aliphatic rings. The predicted molar refractivity (Wildman–Crippen MR) is 307 cm³/mol. The zero-order valence-electron chi connectivity index (χ0n) is 47.7. The molecule has 14 rings (SSSR count). The molecule has 0 unspecified atom stereocenters. The van der Waals surface area contributed by atoms with Crippen molar-refractivity contribution in [2.24, 2.45) is 5.73 Å². The number of aromatic nitrogens is 6. The van der Waals surface area contributed by atoms with Gasteiger partial charge in [0.25, 0.3) is 0 Å². The molecule has 488 valence electrons. The quantitative estimate of drug-likeness (QED) is 0.0969. The van der Waals surface area contributed by atoms with Crippen LogP contribution in [0.15, 0.2) is 91.6 Å². The van der Waals surface area contributed by atoms with Crippen LogP contribution in [0.25, 0.3) is 10.2 Å². The predicted octanol–water partition coefficient (Wildman–Crippen LogP) is 10.3. The first-order valence-electron chi connectivity index (χ1n) is 27.4. The van der Waals surface area contributed by atoms with E-state index in [1.165, 1.54) is 23.5 Å². The molecule has 7 N–H and O–H groups in total. The molecule has 92 heavy (non-hydrogen) atoms. The van der Waals surface area contributed by atoms with E-state index in [-0.39, 0.29) is 65.7 Å². The number of fused-ring (bicyclic) bond motifs is 5. The van der Waals surface area contributed by atoms with E-state index >= 15 is 0 Å². The first-order valence-corrected chi connectivity index (χ1v) is 28.2. The van der Waals surface area contributed by atoms with Crippen molar-refractivity contribution in [3.63, 3.8) is 0 Å². The van der Waals surface area contributed by atoms with Crippen molar-refractivity contribution in [1.29, 1.82) is 0 Å². The van der Waals surface area contributed by atoms with E-state index in [1.807, 2.05) is 29.6 Å². The first kappa shape index (κ1) is 67.3. The fraction of sp³-hybridized carbons (Fsp3) is 0.351. The van der Waals surface area contributed by atoms with Crippen molar-refractivity contribution in [3.05, 3.63) is 143 Å². The second-order valence-electron chi connectivity index (χ2n) is 22.6. The molecule has 0 spiro atoms. The SMILES string of the molecule is CC(C)(C)OC(=O)NC1CC(N2C(=O)C(F)(F)c3cc(F)cnc32)C1.Cl.NC1CC(N2C(=O)C(F)(F)c3cc(F)cnc32)C1.Nc1ccc(F)cn1.O=C1N(C2CC(Nc3nc4ccccc4s3)C2)c2ncc(F)cc2C1(F)F.O=C1Nc2ncc(F)cc2C1(F)F. The number of pyridine rings is 5. The third-order valence-electron chi connectivity index (χ3n) is 14.9. The Kier molecular flexibility index (Phi) is 18.5. The zero-order chi connectivity index (χ0) is 66.0. The minimum atomic E-state index is -3.80. The van der Waals surface area contributed by atoms with Gasteiger partial charge in [-0.2, -0.15) is 35.1 Å². The van der Waals surface area contributed by atoms with E-state index in [2.05, 4.69) is 40.5 Å². The van der Waals surface area contributed by atoms with Gasteiger partial charge in [0.1, 0.15) is 63.8 Å². The number of thiazole rings is 1. The van der Waals surface area contributed by atoms with Gasteiger partial charge in [-0.1, -0.05) is 23.5 Å². The van der Waals surface area contributed by atoms with Gasteiger partial charge in [-0.05, 0) is 108 Å². The number of carbonyl (C=O) groups excluding carboxylic acids is 5. The normalized spacial score (nSPS) is 22.6. The summed E-state index contributed by atoms with van der Waals surface area (Å²) < 4.78 is 180. The van der Waals surface area contributed by atoms with Gasteiger partial charge in [-0.25, -0.2) is 56.7 Å². The van der Waals surface area contributed by atoms with Crippen LogP contribution in [0.4, 0.5) is 96.1 Å². The summed E-state index contributed by atoms with van der Waals surface area (Å²) in [5, 5.41) is 8.53. The maximum Gasteiger partial charge on any atom is 0.407 e. The molecule has 35 heteroatoms. The molecule has 6 aromatic heterocycles. The Morgan fingerprint density at radius 1 is 0.587 bits per heavy atom. The monoisotopic (exact) mass is 1340 g/mol. The van der Waals surface area contributed by atoms with Gasteiger partial charge in [0.2, 0.25) is 0 Å².